The molecule has 1 N–H and O–H groups in total. The number of fused-ring (bicyclic) bond motifs is 2. The molecule has 0 unspecified atom stereocenters. The fraction of sp³-hybridized carbons (Fsp3) is 0.130. The molecule has 1 aliphatic heterocycles. The Balaban J connectivity index is 1.57. The van der Waals surface area contributed by atoms with Gasteiger partial charge in [-0.1, -0.05) is 17.7 Å². The van der Waals surface area contributed by atoms with Crippen LogP contribution in [0.5, 0.6) is 0 Å². The second-order valence-corrected chi connectivity index (χ2v) is 9.85. The van der Waals surface area contributed by atoms with E-state index in [0.29, 0.717) is 18.5 Å². The van der Waals surface area contributed by atoms with Crippen molar-refractivity contribution in [3.63, 3.8) is 0 Å². The van der Waals surface area contributed by atoms with Gasteiger partial charge in [0.25, 0.3) is 0 Å². The molecule has 0 amide bonds. The van der Waals surface area contributed by atoms with Gasteiger partial charge in [0, 0.05) is 36.1 Å². The molecule has 6 nitrogen and oxygen atoms in total. The van der Waals surface area contributed by atoms with Gasteiger partial charge in [0.1, 0.15) is 5.83 Å². The van der Waals surface area contributed by atoms with Gasteiger partial charge >= 0.3 is 0 Å². The number of nitrogens with one attached hydrogen (secondary N) is 1. The van der Waals surface area contributed by atoms with E-state index in [1.54, 1.807) is 30.6 Å². The highest BCUT2D eigenvalue weighted by Crippen LogP contribution is 2.37. The van der Waals surface area contributed by atoms with E-state index < -0.39 is 10.0 Å². The molecule has 0 fully saturated rings. The normalized spacial score (nSPS) is 15.8. The summed E-state index contributed by atoms with van der Waals surface area (Å²) in [5.41, 5.74) is 5.61. The average Bonchev–Trinajstić information content (AvgIpc) is 3.16. The van der Waals surface area contributed by atoms with E-state index in [-0.39, 0.29) is 16.7 Å². The quantitative estimate of drug-likeness (QED) is 0.532. The molecule has 32 heavy (non-hydrogen) atoms. The average molecular weight is 469 g/mol. The zero-order valence-corrected chi connectivity index (χ0v) is 18.6. The van der Waals surface area contributed by atoms with Gasteiger partial charge in [-0.2, -0.15) is 0 Å². The second kappa shape index (κ2) is 7.72. The monoisotopic (exact) mass is 468 g/mol. The van der Waals surface area contributed by atoms with Crippen molar-refractivity contribution in [1.29, 1.82) is 0 Å². The lowest BCUT2D eigenvalue weighted by atomic mass is 10.0. The minimum atomic E-state index is -3.50. The lowest BCUT2D eigenvalue weighted by Crippen LogP contribution is -2.14. The zero-order valence-electron chi connectivity index (χ0n) is 17.0. The standard InChI is InChI=1S/C23H18ClFN4O2S/c1-32(30,31)28-21-10-16(11-27-23(21)24)14-3-5-20-19(9-14)22(6-7-26-20)29-12-15-2-4-18(25)8-17(15)13-29/h3-12,28H,2,13H2,1H3. The molecule has 0 radical (unpaired) electrons. The third-order valence-electron chi connectivity index (χ3n) is 5.39. The van der Waals surface area contributed by atoms with Crippen LogP contribution >= 0.6 is 11.6 Å². The van der Waals surface area contributed by atoms with Gasteiger partial charge in [0.15, 0.2) is 5.15 Å². The predicted octanol–water partition coefficient (Wildman–Crippen LogP) is 5.21. The summed E-state index contributed by atoms with van der Waals surface area (Å²) in [6.45, 7) is 0.588. The molecule has 0 bridgehead atoms. The number of pyridine rings is 2. The fourth-order valence-electron chi connectivity index (χ4n) is 3.95. The molecule has 1 aliphatic carbocycles. The first-order chi connectivity index (χ1) is 15.3. The van der Waals surface area contributed by atoms with Crippen LogP contribution in [-0.4, -0.2) is 31.2 Å². The van der Waals surface area contributed by atoms with E-state index in [4.69, 9.17) is 11.6 Å². The lowest BCUT2D eigenvalue weighted by molar-refractivity contribution is 0.607. The van der Waals surface area contributed by atoms with Crippen molar-refractivity contribution in [3.05, 3.63) is 83.2 Å². The van der Waals surface area contributed by atoms with Gasteiger partial charge in [0.2, 0.25) is 10.0 Å². The Kier molecular flexibility index (Phi) is 4.98. The Morgan fingerprint density at radius 2 is 1.97 bits per heavy atom. The Bertz CT molecular complexity index is 1460. The van der Waals surface area contributed by atoms with Crippen molar-refractivity contribution in [2.75, 3.05) is 22.4 Å². The molecule has 0 spiro atoms. The molecule has 2 aliphatic rings. The lowest BCUT2D eigenvalue weighted by Gasteiger charge is -2.18. The summed E-state index contributed by atoms with van der Waals surface area (Å²) in [6, 6.07) is 9.38. The van der Waals surface area contributed by atoms with Crippen LogP contribution in [0.1, 0.15) is 6.42 Å². The van der Waals surface area contributed by atoms with Crippen molar-refractivity contribution < 1.29 is 12.8 Å². The molecule has 3 aromatic rings. The summed E-state index contributed by atoms with van der Waals surface area (Å²) >= 11 is 6.07. The van der Waals surface area contributed by atoms with Gasteiger partial charge in [0.05, 0.1) is 23.1 Å². The maximum Gasteiger partial charge on any atom is 0.229 e. The van der Waals surface area contributed by atoms with Crippen LogP contribution in [0.3, 0.4) is 0 Å². The Morgan fingerprint density at radius 1 is 1.12 bits per heavy atom. The predicted molar refractivity (Wildman–Crippen MR) is 126 cm³/mol. The summed E-state index contributed by atoms with van der Waals surface area (Å²) in [6.07, 6.45) is 10.2. The number of hydrogen-bond donors (Lipinski definition) is 1. The third-order valence-corrected chi connectivity index (χ3v) is 6.28. The van der Waals surface area contributed by atoms with Gasteiger partial charge in [-0.15, -0.1) is 0 Å². The first-order valence-corrected chi connectivity index (χ1v) is 12.1. The van der Waals surface area contributed by atoms with Crippen molar-refractivity contribution in [3.8, 4) is 11.1 Å². The minimum Gasteiger partial charge on any atom is -0.343 e. The van der Waals surface area contributed by atoms with Crippen LogP contribution in [0.4, 0.5) is 15.8 Å². The summed E-state index contributed by atoms with van der Waals surface area (Å²) in [5.74, 6) is -0.199. The van der Waals surface area contributed by atoms with E-state index >= 15 is 0 Å². The van der Waals surface area contributed by atoms with Crippen LogP contribution < -0.4 is 9.62 Å². The van der Waals surface area contributed by atoms with E-state index in [2.05, 4.69) is 19.6 Å². The Hall–Kier alpha value is -3.23. The number of hydrogen-bond acceptors (Lipinski definition) is 5. The number of allylic oxidation sites excluding steroid dienone is 3. The first kappa shape index (κ1) is 20.7. The third kappa shape index (κ3) is 3.99. The molecule has 1 aromatic carbocycles. The summed E-state index contributed by atoms with van der Waals surface area (Å²) in [7, 11) is -3.50. The maximum absolute atomic E-state index is 13.7. The highest BCUT2D eigenvalue weighted by Gasteiger charge is 2.23. The van der Waals surface area contributed by atoms with E-state index in [1.807, 2.05) is 30.5 Å². The largest absolute Gasteiger partial charge is 0.343 e. The Labute approximate surface area is 189 Å². The topological polar surface area (TPSA) is 75.2 Å². The molecule has 0 atom stereocenters. The highest BCUT2D eigenvalue weighted by atomic mass is 35.5. The molecule has 0 saturated carbocycles. The van der Waals surface area contributed by atoms with Crippen molar-refractivity contribution in [2.45, 2.75) is 6.42 Å². The number of anilines is 2. The van der Waals surface area contributed by atoms with Crippen LogP contribution in [-0.2, 0) is 10.0 Å². The van der Waals surface area contributed by atoms with Crippen molar-refractivity contribution >= 4 is 43.9 Å². The van der Waals surface area contributed by atoms with Gasteiger partial charge < -0.3 is 4.90 Å². The molecule has 3 heterocycles. The molecule has 2 aromatic heterocycles. The molecule has 5 rings (SSSR count). The molecular weight excluding hydrogens is 451 g/mol. The fourth-order valence-corrected chi connectivity index (χ4v) is 4.71. The number of aromatic nitrogens is 2. The first-order valence-electron chi connectivity index (χ1n) is 9.83. The number of sulfonamides is 1. The number of benzene rings is 1. The Morgan fingerprint density at radius 3 is 2.78 bits per heavy atom. The van der Waals surface area contributed by atoms with Gasteiger partial charge in [-0.3, -0.25) is 9.71 Å². The van der Waals surface area contributed by atoms with Gasteiger partial charge in [-0.25, -0.2) is 17.8 Å². The van der Waals surface area contributed by atoms with Crippen molar-refractivity contribution in [1.82, 2.24) is 9.97 Å². The van der Waals surface area contributed by atoms with Crippen LogP contribution in [0.25, 0.3) is 22.0 Å². The molecule has 162 valence electrons. The van der Waals surface area contributed by atoms with E-state index in [0.717, 1.165) is 39.6 Å². The van der Waals surface area contributed by atoms with Crippen molar-refractivity contribution in [2.24, 2.45) is 0 Å². The number of halogens is 2. The zero-order chi connectivity index (χ0) is 22.5. The van der Waals surface area contributed by atoms with Crippen LogP contribution in [0.15, 0.2) is 78.1 Å². The number of nitrogens with zero attached hydrogens (tertiary/aromatic N) is 3. The van der Waals surface area contributed by atoms with Crippen LogP contribution in [0.2, 0.25) is 5.15 Å². The number of rotatable bonds is 4. The van der Waals surface area contributed by atoms with E-state index in [1.165, 1.54) is 0 Å². The SMILES string of the molecule is CS(=O)(=O)Nc1cc(-c2ccc3nccc(N4C=C5CC=C(F)C=C5C4)c3c2)cnc1Cl. The molecule has 0 saturated heterocycles. The van der Waals surface area contributed by atoms with Gasteiger partial charge in [-0.05, 0) is 59.5 Å². The summed E-state index contributed by atoms with van der Waals surface area (Å²) in [4.78, 5) is 10.7. The molecule has 9 heteroatoms. The smallest absolute Gasteiger partial charge is 0.229 e. The van der Waals surface area contributed by atoms with E-state index in [9.17, 15) is 12.8 Å². The maximum atomic E-state index is 13.7. The minimum absolute atomic E-state index is 0.0720. The van der Waals surface area contributed by atoms with Crippen LogP contribution in [0, 0.1) is 0 Å². The summed E-state index contributed by atoms with van der Waals surface area (Å²) < 4.78 is 39.4. The second-order valence-electron chi connectivity index (χ2n) is 7.74. The highest BCUT2D eigenvalue weighted by molar-refractivity contribution is 7.92. The summed E-state index contributed by atoms with van der Waals surface area (Å²) in [5, 5.41) is 0.991. The molecular formula is C23H18ClFN4O2S.